The molecule has 10 nitrogen and oxygen atoms in total. The topological polar surface area (TPSA) is 100 Å². The molecular weight excluding hydrogens is 594 g/mol. The zero-order valence-corrected chi connectivity index (χ0v) is 26.0. The first-order valence-electron chi connectivity index (χ1n) is 14.8. The number of nitrogens with one attached hydrogen (secondary N) is 1. The van der Waals surface area contributed by atoms with Crippen molar-refractivity contribution in [3.63, 3.8) is 0 Å². The number of hydrogen-bond donors (Lipinski definition) is 2. The summed E-state index contributed by atoms with van der Waals surface area (Å²) >= 11 is 4.32. The van der Waals surface area contributed by atoms with Gasteiger partial charge in [0.05, 0.1) is 33.5 Å². The molecule has 3 atom stereocenters. The SMILES string of the molecule is COc1ccc(C(OC[C@H]2[CH][C@@H](OCCS)[C@H](N3C=C4CCON=C4NC3=O)O2)(c2ccccc2)c2ccc(OC)cc2)cc1. The predicted molar refractivity (Wildman–Crippen MR) is 171 cm³/mol. The Balaban J connectivity index is 1.34. The Morgan fingerprint density at radius 2 is 1.60 bits per heavy atom. The number of carbonyl (C=O) groups excluding carboxylic acids is 1. The number of oxime groups is 1. The van der Waals surface area contributed by atoms with Crippen LogP contribution in [0.25, 0.3) is 0 Å². The number of urea groups is 1. The number of hydrogen-bond acceptors (Lipinski definition) is 9. The van der Waals surface area contributed by atoms with Crippen molar-refractivity contribution in [3.05, 3.63) is 114 Å². The van der Waals surface area contributed by atoms with Crippen LogP contribution < -0.4 is 14.8 Å². The summed E-state index contributed by atoms with van der Waals surface area (Å²) < 4.78 is 30.6. The number of amidine groups is 1. The quantitative estimate of drug-likeness (QED) is 0.217. The zero-order chi connectivity index (χ0) is 31.2. The van der Waals surface area contributed by atoms with Crippen molar-refractivity contribution in [2.45, 2.75) is 30.5 Å². The monoisotopic (exact) mass is 630 g/mol. The van der Waals surface area contributed by atoms with Crippen LogP contribution in [0.2, 0.25) is 0 Å². The van der Waals surface area contributed by atoms with Crippen molar-refractivity contribution < 1.29 is 33.3 Å². The molecule has 0 aliphatic carbocycles. The maximum atomic E-state index is 13.2. The number of carbonyl (C=O) groups is 1. The van der Waals surface area contributed by atoms with Gasteiger partial charge in [0.1, 0.15) is 29.8 Å². The van der Waals surface area contributed by atoms with E-state index in [0.29, 0.717) is 31.2 Å². The first-order chi connectivity index (χ1) is 22.0. The summed E-state index contributed by atoms with van der Waals surface area (Å²) in [6.07, 6.45) is 2.59. The third-order valence-electron chi connectivity index (χ3n) is 7.99. The first-order valence-corrected chi connectivity index (χ1v) is 15.4. The lowest BCUT2D eigenvalue weighted by Gasteiger charge is -2.37. The van der Waals surface area contributed by atoms with Gasteiger partial charge in [0.2, 0.25) is 0 Å². The highest BCUT2D eigenvalue weighted by molar-refractivity contribution is 7.80. The van der Waals surface area contributed by atoms with Crippen molar-refractivity contribution in [2.75, 3.05) is 39.8 Å². The Labute approximate surface area is 268 Å². The molecule has 0 bridgehead atoms. The van der Waals surface area contributed by atoms with Gasteiger partial charge in [-0.3, -0.25) is 10.2 Å². The molecule has 1 N–H and O–H groups in total. The summed E-state index contributed by atoms with van der Waals surface area (Å²) in [6.45, 7) is 0.984. The van der Waals surface area contributed by atoms with Gasteiger partial charge in [-0.2, -0.15) is 12.6 Å². The molecule has 3 heterocycles. The zero-order valence-electron chi connectivity index (χ0n) is 25.1. The van der Waals surface area contributed by atoms with Gasteiger partial charge in [-0.1, -0.05) is 59.8 Å². The van der Waals surface area contributed by atoms with E-state index in [2.05, 4.69) is 23.1 Å². The Morgan fingerprint density at radius 1 is 0.956 bits per heavy atom. The second kappa shape index (κ2) is 13.9. The van der Waals surface area contributed by atoms with E-state index in [1.807, 2.05) is 85.3 Å². The minimum Gasteiger partial charge on any atom is -0.497 e. The number of methoxy groups -OCH3 is 2. The molecular formula is C34H36N3O7S. The van der Waals surface area contributed by atoms with Gasteiger partial charge in [-0.15, -0.1) is 0 Å². The van der Waals surface area contributed by atoms with Crippen LogP contribution in [0.5, 0.6) is 11.5 Å². The molecule has 45 heavy (non-hydrogen) atoms. The molecule has 6 rings (SSSR count). The number of fused-ring (bicyclic) bond motifs is 1. The van der Waals surface area contributed by atoms with Gasteiger partial charge >= 0.3 is 6.03 Å². The summed E-state index contributed by atoms with van der Waals surface area (Å²) in [5, 5.41) is 6.78. The second-order valence-corrected chi connectivity index (χ2v) is 11.1. The van der Waals surface area contributed by atoms with E-state index in [-0.39, 0.29) is 12.6 Å². The fourth-order valence-corrected chi connectivity index (χ4v) is 5.89. The van der Waals surface area contributed by atoms with Crippen molar-refractivity contribution in [3.8, 4) is 11.5 Å². The average Bonchev–Trinajstić information content (AvgIpc) is 3.50. The molecule has 2 amide bonds. The highest BCUT2D eigenvalue weighted by Gasteiger charge is 2.45. The molecule has 0 unspecified atom stereocenters. The Morgan fingerprint density at radius 3 is 2.22 bits per heavy atom. The maximum Gasteiger partial charge on any atom is 0.329 e. The summed E-state index contributed by atoms with van der Waals surface area (Å²) in [4.78, 5) is 19.8. The molecule has 11 heteroatoms. The van der Waals surface area contributed by atoms with Gasteiger partial charge < -0.3 is 28.5 Å². The minimum absolute atomic E-state index is 0.163. The Kier molecular flexibility index (Phi) is 9.60. The molecule has 0 aromatic heterocycles. The maximum absolute atomic E-state index is 13.2. The number of nitrogens with zero attached hydrogens (tertiary/aromatic N) is 2. The summed E-state index contributed by atoms with van der Waals surface area (Å²) in [5.41, 5.74) is 2.59. The molecule has 0 spiro atoms. The van der Waals surface area contributed by atoms with Crippen LogP contribution in [0.3, 0.4) is 0 Å². The van der Waals surface area contributed by atoms with E-state index in [1.54, 1.807) is 20.4 Å². The fourth-order valence-electron chi connectivity index (χ4n) is 5.79. The van der Waals surface area contributed by atoms with E-state index >= 15 is 0 Å². The summed E-state index contributed by atoms with van der Waals surface area (Å²) in [5.74, 6) is 2.41. The van der Waals surface area contributed by atoms with Crippen LogP contribution in [-0.4, -0.2) is 75.0 Å². The van der Waals surface area contributed by atoms with E-state index in [1.165, 1.54) is 4.90 Å². The smallest absolute Gasteiger partial charge is 0.329 e. The standard InChI is InChI=1S/C34H36N3O7S/c1-39-27-12-8-25(9-13-27)34(24-6-4-3-5-7-24,26-10-14-28(40-2)15-11-26)42-22-29-20-30(41-18-19-45)32(44-29)37-21-23-16-17-43-36-31(23)35-33(37)38/h3-15,20-21,29-30,32,45H,16-19,22H2,1-2H3,(H,35,36,38)/t29-,30-,32-/m1/s1. The summed E-state index contributed by atoms with van der Waals surface area (Å²) in [6, 6.07) is 25.4. The van der Waals surface area contributed by atoms with Gasteiger partial charge in [0.25, 0.3) is 0 Å². The van der Waals surface area contributed by atoms with E-state index in [4.69, 9.17) is 28.5 Å². The number of ether oxygens (including phenoxy) is 5. The highest BCUT2D eigenvalue weighted by atomic mass is 32.1. The Hall–Kier alpha value is -4.03. The van der Waals surface area contributed by atoms with Gasteiger partial charge in [-0.25, -0.2) is 4.79 Å². The lowest BCUT2D eigenvalue weighted by molar-refractivity contribution is -0.0998. The third-order valence-corrected chi connectivity index (χ3v) is 8.17. The van der Waals surface area contributed by atoms with Crippen molar-refractivity contribution in [1.82, 2.24) is 10.2 Å². The molecule has 1 radical (unpaired) electrons. The Bertz CT molecular complexity index is 1470. The van der Waals surface area contributed by atoms with E-state index < -0.39 is 24.0 Å². The molecule has 1 fully saturated rings. The number of thiol groups is 1. The van der Waals surface area contributed by atoms with Crippen LogP contribution in [0.15, 0.2) is 95.8 Å². The van der Waals surface area contributed by atoms with Crippen LogP contribution in [0.1, 0.15) is 23.1 Å². The lowest BCUT2D eigenvalue weighted by Crippen LogP contribution is -2.53. The van der Waals surface area contributed by atoms with Crippen LogP contribution in [-0.2, 0) is 24.6 Å². The number of benzene rings is 3. The largest absolute Gasteiger partial charge is 0.497 e. The normalized spacial score (nSPS) is 21.3. The number of amides is 2. The first kappa shape index (κ1) is 31.0. The highest BCUT2D eigenvalue weighted by Crippen LogP contribution is 2.42. The van der Waals surface area contributed by atoms with Crippen molar-refractivity contribution in [1.29, 1.82) is 0 Å². The third kappa shape index (κ3) is 6.39. The molecule has 3 aromatic rings. The van der Waals surface area contributed by atoms with Crippen LogP contribution >= 0.6 is 12.6 Å². The molecule has 3 aliphatic rings. The van der Waals surface area contributed by atoms with Crippen LogP contribution in [0.4, 0.5) is 4.79 Å². The molecule has 3 aliphatic heterocycles. The lowest BCUT2D eigenvalue weighted by atomic mass is 9.80. The predicted octanol–water partition coefficient (Wildman–Crippen LogP) is 4.90. The van der Waals surface area contributed by atoms with Gasteiger partial charge in [0, 0.05) is 30.4 Å². The van der Waals surface area contributed by atoms with E-state index in [0.717, 1.165) is 33.8 Å². The molecule has 1 saturated heterocycles. The van der Waals surface area contributed by atoms with Crippen molar-refractivity contribution >= 4 is 24.5 Å². The minimum atomic E-state index is -1.02. The average molecular weight is 631 g/mol. The second-order valence-electron chi connectivity index (χ2n) is 10.6. The van der Waals surface area contributed by atoms with Crippen LogP contribution in [0, 0.1) is 6.42 Å². The summed E-state index contributed by atoms with van der Waals surface area (Å²) in [7, 11) is 3.28. The van der Waals surface area contributed by atoms with E-state index in [9.17, 15) is 4.79 Å². The number of rotatable bonds is 12. The van der Waals surface area contributed by atoms with Gasteiger partial charge in [0.15, 0.2) is 12.1 Å². The van der Waals surface area contributed by atoms with Crippen molar-refractivity contribution in [2.24, 2.45) is 5.16 Å². The molecule has 3 aromatic carbocycles. The molecule has 0 saturated carbocycles. The fraction of sp³-hybridized carbons (Fsp3) is 0.324. The molecule has 235 valence electrons. The van der Waals surface area contributed by atoms with Gasteiger partial charge in [-0.05, 0) is 41.0 Å².